The molecule has 0 N–H and O–H groups in total. The van der Waals surface area contributed by atoms with Crippen molar-refractivity contribution in [3.05, 3.63) is 29.8 Å². The van der Waals surface area contributed by atoms with Crippen molar-refractivity contribution in [1.82, 2.24) is 4.90 Å². The van der Waals surface area contributed by atoms with Crippen LogP contribution < -0.4 is 0 Å². The lowest BCUT2D eigenvalue weighted by Crippen LogP contribution is -2.39. The van der Waals surface area contributed by atoms with Gasteiger partial charge < -0.3 is 14.4 Å². The molecule has 2 rings (SSSR count). The molecule has 1 heterocycles. The summed E-state index contributed by atoms with van der Waals surface area (Å²) in [7, 11) is -1.67. The van der Waals surface area contributed by atoms with Crippen molar-refractivity contribution in [2.24, 2.45) is 5.92 Å². The van der Waals surface area contributed by atoms with Gasteiger partial charge in [-0.1, -0.05) is 6.07 Å². The van der Waals surface area contributed by atoms with Gasteiger partial charge in [-0.3, -0.25) is 4.79 Å². The summed E-state index contributed by atoms with van der Waals surface area (Å²) in [6, 6.07) is 6.24. The molecule has 1 aromatic carbocycles. The summed E-state index contributed by atoms with van der Waals surface area (Å²) >= 11 is 0. The van der Waals surface area contributed by atoms with Crippen molar-refractivity contribution in [3.8, 4) is 0 Å². The number of piperidine rings is 1. The molecule has 6 nitrogen and oxygen atoms in total. The summed E-state index contributed by atoms with van der Waals surface area (Å²) < 4.78 is 33.7. The predicted molar refractivity (Wildman–Crippen MR) is 90.9 cm³/mol. The molecule has 1 saturated heterocycles. The first-order valence-corrected chi connectivity index (χ1v) is 9.97. The van der Waals surface area contributed by atoms with Gasteiger partial charge in [-0.25, -0.2) is 8.42 Å². The number of carbonyl (C=O) groups is 1. The molecule has 1 amide bonds. The maximum Gasteiger partial charge on any atom is 0.253 e. The van der Waals surface area contributed by atoms with E-state index < -0.39 is 9.84 Å². The lowest BCUT2D eigenvalue weighted by atomic mass is 9.97. The van der Waals surface area contributed by atoms with Crippen molar-refractivity contribution in [2.75, 3.05) is 46.3 Å². The molecular weight excluding hydrogens is 330 g/mol. The number of rotatable bonds is 7. The molecule has 0 spiro atoms. The first kappa shape index (κ1) is 18.9. The van der Waals surface area contributed by atoms with Crippen LogP contribution in [0.15, 0.2) is 29.2 Å². The summed E-state index contributed by atoms with van der Waals surface area (Å²) in [5, 5.41) is 0. The first-order chi connectivity index (χ1) is 11.4. The lowest BCUT2D eigenvalue weighted by molar-refractivity contribution is 0.0327. The molecular formula is C17H25NO5S. The Hall–Kier alpha value is -1.44. The van der Waals surface area contributed by atoms with Crippen LogP contribution in [-0.2, 0) is 19.3 Å². The molecule has 0 bridgehead atoms. The van der Waals surface area contributed by atoms with Crippen LogP contribution in [-0.4, -0.2) is 65.5 Å². The second kappa shape index (κ2) is 8.60. The molecule has 1 aromatic rings. The Bertz CT molecular complexity index is 651. The van der Waals surface area contributed by atoms with Crippen LogP contribution in [0.4, 0.5) is 0 Å². The quantitative estimate of drug-likeness (QED) is 0.695. The van der Waals surface area contributed by atoms with Crippen molar-refractivity contribution < 1.29 is 22.7 Å². The van der Waals surface area contributed by atoms with E-state index in [1.54, 1.807) is 24.1 Å². The third kappa shape index (κ3) is 5.29. The zero-order valence-corrected chi connectivity index (χ0v) is 15.0. The van der Waals surface area contributed by atoms with Gasteiger partial charge >= 0.3 is 0 Å². The smallest absolute Gasteiger partial charge is 0.253 e. The fourth-order valence-corrected chi connectivity index (χ4v) is 3.40. The van der Waals surface area contributed by atoms with Gasteiger partial charge in [0.1, 0.15) is 0 Å². The minimum Gasteiger partial charge on any atom is -0.382 e. The van der Waals surface area contributed by atoms with E-state index in [2.05, 4.69) is 0 Å². The average molecular weight is 355 g/mol. The van der Waals surface area contributed by atoms with E-state index in [1.807, 2.05) is 0 Å². The van der Waals surface area contributed by atoms with E-state index in [9.17, 15) is 13.2 Å². The number of likely N-dealkylation sites (tertiary alicyclic amines) is 1. The Labute approximate surface area is 143 Å². The Morgan fingerprint density at radius 2 is 1.96 bits per heavy atom. The van der Waals surface area contributed by atoms with E-state index in [-0.39, 0.29) is 10.8 Å². The van der Waals surface area contributed by atoms with Gasteiger partial charge in [0.15, 0.2) is 9.84 Å². The maximum atomic E-state index is 12.6. The van der Waals surface area contributed by atoms with Gasteiger partial charge in [-0.2, -0.15) is 0 Å². The second-order valence-corrected chi connectivity index (χ2v) is 8.12. The van der Waals surface area contributed by atoms with E-state index in [0.29, 0.717) is 44.4 Å². The van der Waals surface area contributed by atoms with Gasteiger partial charge in [-0.15, -0.1) is 0 Å². The summed E-state index contributed by atoms with van der Waals surface area (Å²) in [6.07, 6.45) is 2.93. The number of hydrogen-bond acceptors (Lipinski definition) is 5. The van der Waals surface area contributed by atoms with Crippen LogP contribution in [0.25, 0.3) is 0 Å². The molecule has 7 heteroatoms. The SMILES string of the molecule is COCCOCC1CCN(C(=O)c2cccc(S(C)(=O)=O)c2)CC1. The highest BCUT2D eigenvalue weighted by Crippen LogP contribution is 2.20. The van der Waals surface area contributed by atoms with Crippen LogP contribution in [0.1, 0.15) is 23.2 Å². The van der Waals surface area contributed by atoms with E-state index in [4.69, 9.17) is 9.47 Å². The van der Waals surface area contributed by atoms with Gasteiger partial charge in [0.05, 0.1) is 18.1 Å². The number of nitrogens with zero attached hydrogens (tertiary/aromatic N) is 1. The van der Waals surface area contributed by atoms with Gasteiger partial charge in [0, 0.05) is 38.6 Å². The van der Waals surface area contributed by atoms with Crippen LogP contribution in [0.3, 0.4) is 0 Å². The fourth-order valence-electron chi connectivity index (χ4n) is 2.74. The molecule has 0 saturated carbocycles. The number of hydrogen-bond donors (Lipinski definition) is 0. The number of amides is 1. The molecule has 24 heavy (non-hydrogen) atoms. The Kier molecular flexibility index (Phi) is 6.77. The van der Waals surface area contributed by atoms with Crippen molar-refractivity contribution in [2.45, 2.75) is 17.7 Å². The lowest BCUT2D eigenvalue weighted by Gasteiger charge is -2.32. The third-order valence-corrected chi connectivity index (χ3v) is 5.31. The largest absolute Gasteiger partial charge is 0.382 e. The normalized spacial score (nSPS) is 16.3. The molecule has 1 aliphatic rings. The van der Waals surface area contributed by atoms with Crippen LogP contribution in [0.2, 0.25) is 0 Å². The number of benzene rings is 1. The standard InChI is InChI=1S/C17H25NO5S/c1-22-10-11-23-13-14-6-8-18(9-7-14)17(19)15-4-3-5-16(12-15)24(2,20)21/h3-5,12,14H,6-11,13H2,1-2H3. The van der Waals surface area contributed by atoms with Crippen LogP contribution in [0, 0.1) is 5.92 Å². The monoisotopic (exact) mass is 355 g/mol. The Balaban J connectivity index is 1.89. The molecule has 0 aliphatic carbocycles. The van der Waals surface area contributed by atoms with E-state index >= 15 is 0 Å². The van der Waals surface area contributed by atoms with E-state index in [1.165, 1.54) is 12.1 Å². The predicted octanol–water partition coefficient (Wildman–Crippen LogP) is 1.61. The Morgan fingerprint density at radius 1 is 1.25 bits per heavy atom. The number of ether oxygens (including phenoxy) is 2. The van der Waals surface area contributed by atoms with Gasteiger partial charge in [-0.05, 0) is 37.0 Å². The first-order valence-electron chi connectivity index (χ1n) is 8.08. The van der Waals surface area contributed by atoms with Crippen molar-refractivity contribution >= 4 is 15.7 Å². The number of carbonyl (C=O) groups excluding carboxylic acids is 1. The van der Waals surface area contributed by atoms with Gasteiger partial charge in [0.25, 0.3) is 5.91 Å². The molecule has 134 valence electrons. The van der Waals surface area contributed by atoms with Crippen LogP contribution in [0.5, 0.6) is 0 Å². The molecule has 1 aliphatic heterocycles. The zero-order valence-electron chi connectivity index (χ0n) is 14.2. The second-order valence-electron chi connectivity index (χ2n) is 6.10. The minimum absolute atomic E-state index is 0.112. The van der Waals surface area contributed by atoms with Gasteiger partial charge in [0.2, 0.25) is 0 Å². The molecule has 1 fully saturated rings. The fraction of sp³-hybridized carbons (Fsp3) is 0.588. The van der Waals surface area contributed by atoms with Crippen molar-refractivity contribution in [1.29, 1.82) is 0 Å². The highest BCUT2D eigenvalue weighted by molar-refractivity contribution is 7.90. The summed E-state index contributed by atoms with van der Waals surface area (Å²) in [5.41, 5.74) is 0.424. The summed E-state index contributed by atoms with van der Waals surface area (Å²) in [4.78, 5) is 14.5. The summed E-state index contributed by atoms with van der Waals surface area (Å²) in [5.74, 6) is 0.340. The number of methoxy groups -OCH3 is 1. The third-order valence-electron chi connectivity index (χ3n) is 4.20. The highest BCUT2D eigenvalue weighted by Gasteiger charge is 2.24. The van der Waals surface area contributed by atoms with Crippen molar-refractivity contribution in [3.63, 3.8) is 0 Å². The average Bonchev–Trinajstić information content (AvgIpc) is 2.58. The molecule has 0 aromatic heterocycles. The van der Waals surface area contributed by atoms with E-state index in [0.717, 1.165) is 19.1 Å². The summed E-state index contributed by atoms with van der Waals surface area (Å²) in [6.45, 7) is 3.21. The molecule has 0 unspecified atom stereocenters. The topological polar surface area (TPSA) is 72.9 Å². The zero-order chi connectivity index (χ0) is 17.6. The molecule has 0 radical (unpaired) electrons. The molecule has 0 atom stereocenters. The Morgan fingerprint density at radius 3 is 2.58 bits per heavy atom. The highest BCUT2D eigenvalue weighted by atomic mass is 32.2. The minimum atomic E-state index is -3.31. The number of sulfone groups is 1. The van der Waals surface area contributed by atoms with Crippen LogP contribution >= 0.6 is 0 Å². The maximum absolute atomic E-state index is 12.6.